The van der Waals surface area contributed by atoms with E-state index in [2.05, 4.69) is 20.3 Å². The maximum Gasteiger partial charge on any atom is 0.237 e. The minimum absolute atomic E-state index is 0.480. The van der Waals surface area contributed by atoms with E-state index >= 15 is 0 Å². The average molecular weight is 442 g/mol. The van der Waals surface area contributed by atoms with Gasteiger partial charge in [-0.3, -0.25) is 0 Å². The van der Waals surface area contributed by atoms with Gasteiger partial charge >= 0.3 is 0 Å². The number of halogens is 1. The molecule has 0 unspecified atom stereocenters. The molecule has 8 nitrogen and oxygen atoms in total. The number of hydrogen-bond acceptors (Lipinski definition) is 8. The van der Waals surface area contributed by atoms with Crippen LogP contribution in [0.25, 0.3) is 22.8 Å². The van der Waals surface area contributed by atoms with Crippen LogP contribution in [0, 0.1) is 0 Å². The molecule has 0 saturated heterocycles. The summed E-state index contributed by atoms with van der Waals surface area (Å²) < 4.78 is 18.5. The Balaban J connectivity index is 1.30. The number of rotatable bonds is 5. The zero-order valence-corrected chi connectivity index (χ0v) is 17.5. The number of benzene rings is 2. The molecule has 0 N–H and O–H groups in total. The number of ether oxygens (including phenoxy) is 2. The highest BCUT2D eigenvalue weighted by atomic mass is 35.5. The fraction of sp³-hybridized carbons (Fsp3) is 0.200. The molecule has 30 heavy (non-hydrogen) atoms. The van der Waals surface area contributed by atoms with E-state index in [-0.39, 0.29) is 0 Å². The molecule has 1 aliphatic rings. The minimum atomic E-state index is 0.480. The Labute approximate surface area is 181 Å². The molecule has 0 amide bonds. The second kappa shape index (κ2) is 8.00. The highest BCUT2D eigenvalue weighted by Crippen LogP contribution is 2.34. The van der Waals surface area contributed by atoms with E-state index < -0.39 is 0 Å². The van der Waals surface area contributed by atoms with Gasteiger partial charge < -0.3 is 18.6 Å². The lowest BCUT2D eigenvalue weighted by Crippen LogP contribution is -2.15. The summed E-state index contributed by atoms with van der Waals surface area (Å²) in [4.78, 5) is 4.44. The van der Waals surface area contributed by atoms with E-state index in [1.165, 1.54) is 11.8 Å². The van der Waals surface area contributed by atoms with Gasteiger partial charge in [0.1, 0.15) is 13.2 Å². The normalized spacial score (nSPS) is 12.9. The fourth-order valence-corrected chi connectivity index (χ4v) is 3.90. The molecule has 2 aromatic carbocycles. The van der Waals surface area contributed by atoms with Crippen molar-refractivity contribution in [2.24, 2.45) is 7.05 Å². The van der Waals surface area contributed by atoms with Gasteiger partial charge in [-0.05, 0) is 42.5 Å². The first-order chi connectivity index (χ1) is 14.7. The highest BCUT2D eigenvalue weighted by molar-refractivity contribution is 7.98. The van der Waals surface area contributed by atoms with Crippen LogP contribution in [-0.2, 0) is 12.8 Å². The Morgan fingerprint density at radius 1 is 1.00 bits per heavy atom. The van der Waals surface area contributed by atoms with Gasteiger partial charge in [0.2, 0.25) is 11.7 Å². The van der Waals surface area contributed by atoms with Crippen molar-refractivity contribution in [2.45, 2.75) is 10.9 Å². The van der Waals surface area contributed by atoms with Crippen molar-refractivity contribution in [1.29, 1.82) is 0 Å². The van der Waals surface area contributed by atoms with E-state index in [1.54, 1.807) is 12.1 Å². The lowest BCUT2D eigenvalue weighted by Gasteiger charge is -2.18. The van der Waals surface area contributed by atoms with Crippen LogP contribution < -0.4 is 9.47 Å². The van der Waals surface area contributed by atoms with Crippen LogP contribution in [-0.4, -0.2) is 38.1 Å². The summed E-state index contributed by atoms with van der Waals surface area (Å²) in [6, 6.07) is 13.0. The van der Waals surface area contributed by atoms with E-state index in [0.717, 1.165) is 33.6 Å². The first-order valence-corrected chi connectivity index (χ1v) is 10.5. The van der Waals surface area contributed by atoms with Crippen LogP contribution in [0.2, 0.25) is 5.02 Å². The van der Waals surface area contributed by atoms with Crippen LogP contribution >= 0.6 is 23.4 Å². The fourth-order valence-electron chi connectivity index (χ4n) is 3.03. The van der Waals surface area contributed by atoms with Crippen molar-refractivity contribution in [3.05, 3.63) is 53.4 Å². The van der Waals surface area contributed by atoms with Gasteiger partial charge in [0.15, 0.2) is 22.5 Å². The van der Waals surface area contributed by atoms with Gasteiger partial charge in [0, 0.05) is 23.2 Å². The van der Waals surface area contributed by atoms with Gasteiger partial charge in [-0.15, -0.1) is 10.2 Å². The molecule has 0 radical (unpaired) electrons. The van der Waals surface area contributed by atoms with Gasteiger partial charge in [-0.1, -0.05) is 28.5 Å². The van der Waals surface area contributed by atoms with E-state index in [0.29, 0.717) is 35.7 Å². The van der Waals surface area contributed by atoms with Crippen LogP contribution in [0.15, 0.2) is 52.1 Å². The van der Waals surface area contributed by atoms with Crippen molar-refractivity contribution in [2.75, 3.05) is 13.2 Å². The van der Waals surface area contributed by atoms with Gasteiger partial charge in [-0.2, -0.15) is 4.98 Å². The van der Waals surface area contributed by atoms with Crippen LogP contribution in [0.5, 0.6) is 11.5 Å². The topological polar surface area (TPSA) is 88.1 Å². The zero-order valence-electron chi connectivity index (χ0n) is 15.9. The SMILES string of the molecule is Cn1c(SCc2nc(-c3ccc(Cl)cc3)no2)nnc1-c1ccc2c(c1)OCCO2. The monoisotopic (exact) mass is 441 g/mol. The van der Waals surface area contributed by atoms with Gasteiger partial charge in [0.25, 0.3) is 0 Å². The largest absolute Gasteiger partial charge is 0.486 e. The molecule has 2 aromatic heterocycles. The number of nitrogens with zero attached hydrogens (tertiary/aromatic N) is 5. The molecular weight excluding hydrogens is 426 g/mol. The molecule has 0 fully saturated rings. The summed E-state index contributed by atoms with van der Waals surface area (Å²) in [7, 11) is 1.92. The maximum absolute atomic E-state index is 5.92. The molecule has 0 bridgehead atoms. The first-order valence-electron chi connectivity index (χ1n) is 9.18. The van der Waals surface area contributed by atoms with Gasteiger partial charge in [0.05, 0.1) is 5.75 Å². The van der Waals surface area contributed by atoms with Crippen LogP contribution in [0.1, 0.15) is 5.89 Å². The van der Waals surface area contributed by atoms with E-state index in [1.807, 2.05) is 41.9 Å². The van der Waals surface area contributed by atoms with Crippen molar-refractivity contribution >= 4 is 23.4 Å². The molecule has 10 heteroatoms. The molecule has 0 atom stereocenters. The highest BCUT2D eigenvalue weighted by Gasteiger charge is 2.17. The molecule has 0 spiro atoms. The summed E-state index contributed by atoms with van der Waals surface area (Å²) in [5.74, 6) is 3.72. The second-order valence-electron chi connectivity index (χ2n) is 6.53. The van der Waals surface area contributed by atoms with Gasteiger partial charge in [-0.25, -0.2) is 0 Å². The number of fused-ring (bicyclic) bond motifs is 1. The minimum Gasteiger partial charge on any atom is -0.486 e. The lowest BCUT2D eigenvalue weighted by molar-refractivity contribution is 0.171. The van der Waals surface area contributed by atoms with Crippen LogP contribution in [0.3, 0.4) is 0 Å². The van der Waals surface area contributed by atoms with Crippen LogP contribution in [0.4, 0.5) is 0 Å². The number of thioether (sulfide) groups is 1. The summed E-state index contributed by atoms with van der Waals surface area (Å²) in [6.07, 6.45) is 0. The number of hydrogen-bond donors (Lipinski definition) is 0. The molecule has 0 saturated carbocycles. The Hall–Kier alpha value is -3.04. The van der Waals surface area contributed by atoms with Crippen molar-refractivity contribution in [3.8, 4) is 34.3 Å². The number of aromatic nitrogens is 5. The Morgan fingerprint density at radius 2 is 1.77 bits per heavy atom. The quantitative estimate of drug-likeness (QED) is 0.425. The molecular formula is C20H16ClN5O3S. The lowest BCUT2D eigenvalue weighted by atomic mass is 10.2. The summed E-state index contributed by atoms with van der Waals surface area (Å²) in [5.41, 5.74) is 1.75. The standard InChI is InChI=1S/C20H16ClN5O3S/c1-26-19(13-4-7-15-16(10-13)28-9-8-27-15)23-24-20(26)30-11-17-22-18(25-29-17)12-2-5-14(21)6-3-12/h2-7,10H,8-9,11H2,1H3. The van der Waals surface area contributed by atoms with Crippen molar-refractivity contribution in [3.63, 3.8) is 0 Å². The predicted molar refractivity (Wildman–Crippen MR) is 112 cm³/mol. The third-order valence-electron chi connectivity index (χ3n) is 4.53. The molecule has 152 valence electrons. The third-order valence-corrected chi connectivity index (χ3v) is 5.79. The molecule has 3 heterocycles. The van der Waals surface area contributed by atoms with E-state index in [4.69, 9.17) is 25.6 Å². The van der Waals surface area contributed by atoms with Crippen molar-refractivity contribution < 1.29 is 14.0 Å². The first kappa shape index (κ1) is 19.0. The summed E-state index contributed by atoms with van der Waals surface area (Å²) in [6.45, 7) is 1.10. The smallest absolute Gasteiger partial charge is 0.237 e. The second-order valence-corrected chi connectivity index (χ2v) is 7.91. The molecule has 5 rings (SSSR count). The Kier molecular flexibility index (Phi) is 5.06. The maximum atomic E-state index is 5.92. The van der Waals surface area contributed by atoms with E-state index in [9.17, 15) is 0 Å². The summed E-state index contributed by atoms with van der Waals surface area (Å²) >= 11 is 7.39. The molecule has 1 aliphatic heterocycles. The zero-order chi connectivity index (χ0) is 20.5. The average Bonchev–Trinajstić information content (AvgIpc) is 3.39. The predicted octanol–water partition coefficient (Wildman–Crippen LogP) is 4.25. The Bertz CT molecular complexity index is 1190. The third kappa shape index (κ3) is 3.73. The van der Waals surface area contributed by atoms with Crippen molar-refractivity contribution in [1.82, 2.24) is 24.9 Å². The summed E-state index contributed by atoms with van der Waals surface area (Å²) in [5, 5.41) is 14.1. The Morgan fingerprint density at radius 3 is 2.60 bits per heavy atom. The molecule has 0 aliphatic carbocycles. The molecule has 4 aromatic rings.